The number of hydrogen-bond donors (Lipinski definition) is 1. The van der Waals surface area contributed by atoms with Crippen molar-refractivity contribution >= 4 is 17.5 Å². The Bertz CT molecular complexity index is 1300. The number of ketones is 1. The SMILES string of the molecule is CCC1=NC2=C(C(=O)CC(c3ccc4c(c3)OCC4)C2)C(c2cccc(O)c2)C1C(=O)OC1CCCC1. The van der Waals surface area contributed by atoms with Gasteiger partial charge in [-0.05, 0) is 79.3 Å². The monoisotopic (exact) mass is 499 g/mol. The van der Waals surface area contributed by atoms with Gasteiger partial charge in [0.05, 0.1) is 6.61 Å². The van der Waals surface area contributed by atoms with Crippen LogP contribution in [0.4, 0.5) is 0 Å². The van der Waals surface area contributed by atoms with Crippen molar-refractivity contribution in [2.75, 3.05) is 6.61 Å². The predicted molar refractivity (Wildman–Crippen MR) is 140 cm³/mol. The normalized spacial score (nSPS) is 25.4. The lowest BCUT2D eigenvalue weighted by atomic mass is 9.68. The minimum Gasteiger partial charge on any atom is -0.508 e. The first kappa shape index (κ1) is 24.0. The van der Waals surface area contributed by atoms with Crippen LogP contribution in [0, 0.1) is 5.92 Å². The van der Waals surface area contributed by atoms with Gasteiger partial charge in [0.1, 0.15) is 23.5 Å². The number of Topliss-reactive ketones (excluding diaryl/α,β-unsaturated/α-hetero) is 1. The Morgan fingerprint density at radius 1 is 1.11 bits per heavy atom. The molecule has 3 atom stereocenters. The van der Waals surface area contributed by atoms with E-state index in [1.807, 2.05) is 13.0 Å². The number of allylic oxidation sites excluding steroid dienone is 2. The number of aliphatic imine (C=N–C) groups is 1. The van der Waals surface area contributed by atoms with Crippen molar-refractivity contribution in [3.63, 3.8) is 0 Å². The van der Waals surface area contributed by atoms with Crippen LogP contribution in [0.15, 0.2) is 58.7 Å². The highest BCUT2D eigenvalue weighted by atomic mass is 16.5. The van der Waals surface area contributed by atoms with Gasteiger partial charge in [0.25, 0.3) is 0 Å². The van der Waals surface area contributed by atoms with Crippen molar-refractivity contribution in [1.29, 1.82) is 0 Å². The van der Waals surface area contributed by atoms with E-state index in [1.165, 1.54) is 5.56 Å². The first-order valence-electron chi connectivity index (χ1n) is 13.6. The molecule has 0 saturated heterocycles. The Labute approximate surface area is 217 Å². The molecule has 0 radical (unpaired) electrons. The Balaban J connectivity index is 1.40. The number of carbonyl (C=O) groups is 2. The summed E-state index contributed by atoms with van der Waals surface area (Å²) in [5.74, 6) is -0.438. The summed E-state index contributed by atoms with van der Waals surface area (Å²) in [5, 5.41) is 10.3. The molecule has 0 bridgehead atoms. The van der Waals surface area contributed by atoms with Gasteiger partial charge in [0, 0.05) is 35.7 Å². The second-order valence-corrected chi connectivity index (χ2v) is 10.7. The standard InChI is InChI=1S/C31H33NO5/c1-2-24-30(31(35)37-23-8-3-4-9-23)28(20-6-5-7-22(33)14-20)29-25(32-24)15-21(16-26(29)34)19-11-10-18-12-13-36-27(18)17-19/h5-7,10-11,14,17,21,23,28,30,33H,2-4,8-9,12-13,15-16H2,1H3. The molecular formula is C31H33NO5. The molecule has 0 amide bonds. The predicted octanol–water partition coefficient (Wildman–Crippen LogP) is 5.78. The summed E-state index contributed by atoms with van der Waals surface area (Å²) in [4.78, 5) is 32.5. The van der Waals surface area contributed by atoms with Crippen LogP contribution in [0.3, 0.4) is 0 Å². The summed E-state index contributed by atoms with van der Waals surface area (Å²) >= 11 is 0. The zero-order valence-electron chi connectivity index (χ0n) is 21.2. The summed E-state index contributed by atoms with van der Waals surface area (Å²) in [7, 11) is 0. The zero-order chi connectivity index (χ0) is 25.5. The molecule has 6 nitrogen and oxygen atoms in total. The van der Waals surface area contributed by atoms with Crippen molar-refractivity contribution in [3.05, 3.63) is 70.4 Å². The lowest BCUT2D eigenvalue weighted by Gasteiger charge is -2.37. The van der Waals surface area contributed by atoms with Crippen molar-refractivity contribution in [2.45, 2.75) is 76.2 Å². The van der Waals surface area contributed by atoms with E-state index in [1.54, 1.807) is 18.2 Å². The molecule has 2 aromatic carbocycles. The Morgan fingerprint density at radius 3 is 2.73 bits per heavy atom. The first-order valence-corrected chi connectivity index (χ1v) is 13.6. The summed E-state index contributed by atoms with van der Waals surface area (Å²) < 4.78 is 11.8. The number of rotatable bonds is 5. The number of benzene rings is 2. The van der Waals surface area contributed by atoms with Crippen LogP contribution in [0.2, 0.25) is 0 Å². The molecular weight excluding hydrogens is 466 g/mol. The molecule has 0 aromatic heterocycles. The zero-order valence-corrected chi connectivity index (χ0v) is 21.2. The number of esters is 1. The van der Waals surface area contributed by atoms with Crippen molar-refractivity contribution in [3.8, 4) is 11.5 Å². The molecule has 2 aliphatic carbocycles. The van der Waals surface area contributed by atoms with Crippen LogP contribution >= 0.6 is 0 Å². The average molecular weight is 500 g/mol. The van der Waals surface area contributed by atoms with Gasteiger partial charge in [-0.15, -0.1) is 0 Å². The topological polar surface area (TPSA) is 85.2 Å². The van der Waals surface area contributed by atoms with Crippen molar-refractivity contribution in [2.24, 2.45) is 10.9 Å². The number of nitrogens with zero attached hydrogens (tertiary/aromatic N) is 1. The second kappa shape index (κ2) is 9.81. The number of phenolic OH excluding ortho intramolecular Hbond substituents is 1. The highest BCUT2D eigenvalue weighted by Crippen LogP contribution is 2.48. The molecule has 3 unspecified atom stereocenters. The van der Waals surface area contributed by atoms with Crippen LogP contribution in [0.1, 0.15) is 80.4 Å². The summed E-state index contributed by atoms with van der Waals surface area (Å²) in [6.45, 7) is 2.70. The van der Waals surface area contributed by atoms with E-state index in [0.29, 0.717) is 31.4 Å². The summed E-state index contributed by atoms with van der Waals surface area (Å²) in [5.41, 5.74) is 5.16. The maximum absolute atomic E-state index is 13.8. The van der Waals surface area contributed by atoms with Crippen LogP contribution in [-0.4, -0.2) is 35.3 Å². The largest absolute Gasteiger partial charge is 0.508 e. The molecule has 1 N–H and O–H groups in total. The van der Waals surface area contributed by atoms with E-state index >= 15 is 0 Å². The fourth-order valence-corrected chi connectivity index (χ4v) is 6.54. The van der Waals surface area contributed by atoms with Crippen molar-refractivity contribution in [1.82, 2.24) is 0 Å². The van der Waals surface area contributed by atoms with E-state index in [9.17, 15) is 14.7 Å². The molecule has 6 rings (SSSR count). The Morgan fingerprint density at radius 2 is 1.95 bits per heavy atom. The van der Waals surface area contributed by atoms with Gasteiger partial charge in [-0.3, -0.25) is 14.6 Å². The molecule has 1 fully saturated rings. The van der Waals surface area contributed by atoms with Gasteiger partial charge < -0.3 is 14.6 Å². The highest BCUT2D eigenvalue weighted by Gasteiger charge is 2.46. The molecule has 192 valence electrons. The molecule has 4 aliphatic rings. The maximum atomic E-state index is 13.8. The number of aromatic hydroxyl groups is 1. The summed E-state index contributed by atoms with van der Waals surface area (Å²) in [6, 6.07) is 13.2. The quantitative estimate of drug-likeness (QED) is 0.527. The molecule has 2 aliphatic heterocycles. The number of hydrogen-bond acceptors (Lipinski definition) is 6. The highest BCUT2D eigenvalue weighted by molar-refractivity contribution is 6.09. The second-order valence-electron chi connectivity index (χ2n) is 10.7. The fraction of sp³-hybridized carbons (Fsp3) is 0.452. The maximum Gasteiger partial charge on any atom is 0.315 e. The van der Waals surface area contributed by atoms with Gasteiger partial charge in [-0.2, -0.15) is 0 Å². The lowest BCUT2D eigenvalue weighted by Crippen LogP contribution is -2.39. The van der Waals surface area contributed by atoms with Crippen LogP contribution in [0.25, 0.3) is 0 Å². The smallest absolute Gasteiger partial charge is 0.315 e. The average Bonchev–Trinajstić information content (AvgIpc) is 3.59. The Kier molecular flexibility index (Phi) is 6.35. The molecule has 0 spiro atoms. The number of phenols is 1. The molecule has 6 heteroatoms. The van der Waals surface area contributed by atoms with E-state index in [0.717, 1.165) is 60.4 Å². The molecule has 1 saturated carbocycles. The van der Waals surface area contributed by atoms with Gasteiger partial charge in [0.15, 0.2) is 5.78 Å². The molecule has 37 heavy (non-hydrogen) atoms. The van der Waals surface area contributed by atoms with Crippen molar-refractivity contribution < 1.29 is 24.2 Å². The van der Waals surface area contributed by atoms with E-state index in [-0.39, 0.29) is 29.5 Å². The lowest BCUT2D eigenvalue weighted by molar-refractivity contribution is -0.151. The van der Waals surface area contributed by atoms with Gasteiger partial charge in [-0.1, -0.05) is 31.2 Å². The van der Waals surface area contributed by atoms with Crippen LogP contribution in [-0.2, 0) is 20.7 Å². The minimum atomic E-state index is -0.667. The third-order valence-electron chi connectivity index (χ3n) is 8.39. The fourth-order valence-electron chi connectivity index (χ4n) is 6.54. The van der Waals surface area contributed by atoms with Crippen LogP contribution < -0.4 is 4.74 Å². The third kappa shape index (κ3) is 4.47. The summed E-state index contributed by atoms with van der Waals surface area (Å²) in [6.07, 6.45) is 6.31. The third-order valence-corrected chi connectivity index (χ3v) is 8.39. The van der Waals surface area contributed by atoms with E-state index in [2.05, 4.69) is 18.2 Å². The number of fused-ring (bicyclic) bond motifs is 1. The first-order chi connectivity index (χ1) is 18.0. The number of carbonyl (C=O) groups excluding carboxylic acids is 2. The molecule has 2 aromatic rings. The van der Waals surface area contributed by atoms with Crippen LogP contribution in [0.5, 0.6) is 11.5 Å². The molecule has 2 heterocycles. The van der Waals surface area contributed by atoms with Gasteiger partial charge in [-0.25, -0.2) is 0 Å². The minimum absolute atomic E-state index is 0.00872. The van der Waals surface area contributed by atoms with E-state index < -0.39 is 11.8 Å². The van der Waals surface area contributed by atoms with Gasteiger partial charge in [0.2, 0.25) is 0 Å². The number of ether oxygens (including phenoxy) is 2. The van der Waals surface area contributed by atoms with Gasteiger partial charge >= 0.3 is 5.97 Å². The van der Waals surface area contributed by atoms with E-state index in [4.69, 9.17) is 14.5 Å². The Hall–Kier alpha value is -3.41.